The molecule has 4 heteroatoms. The number of carbonyl (C=O) groups excluding carboxylic acids is 1. The number of amides is 1. The van der Waals surface area contributed by atoms with E-state index in [0.717, 1.165) is 18.4 Å². The smallest absolute Gasteiger partial charge is 0.274 e. The van der Waals surface area contributed by atoms with Gasteiger partial charge in [0, 0.05) is 5.56 Å². The van der Waals surface area contributed by atoms with Gasteiger partial charge in [0.1, 0.15) is 5.75 Å². The molecule has 2 rings (SSSR count). The number of hydrogen-bond donors (Lipinski definition) is 1. The van der Waals surface area contributed by atoms with E-state index in [1.165, 1.54) is 12.8 Å². The first-order chi connectivity index (χ1) is 8.70. The predicted octanol–water partition coefficient (Wildman–Crippen LogP) is 2.61. The van der Waals surface area contributed by atoms with Crippen molar-refractivity contribution in [2.75, 3.05) is 7.11 Å². The number of carbonyl (C=O) groups is 1. The molecule has 98 valence electrons. The van der Waals surface area contributed by atoms with E-state index in [4.69, 9.17) is 9.57 Å². The Balaban J connectivity index is 1.95. The Bertz CT molecular complexity index is 425. The van der Waals surface area contributed by atoms with Gasteiger partial charge in [-0.05, 0) is 37.5 Å². The molecule has 1 aromatic carbocycles. The van der Waals surface area contributed by atoms with Gasteiger partial charge in [-0.15, -0.1) is 0 Å². The fraction of sp³-hybridized carbons (Fsp3) is 0.500. The van der Waals surface area contributed by atoms with Crippen LogP contribution in [0.25, 0.3) is 0 Å². The predicted molar refractivity (Wildman–Crippen MR) is 68.5 cm³/mol. The highest BCUT2D eigenvalue weighted by Gasteiger charge is 2.17. The minimum Gasteiger partial charge on any atom is -0.496 e. The summed E-state index contributed by atoms with van der Waals surface area (Å²) in [4.78, 5) is 17.3. The third-order valence-electron chi connectivity index (χ3n) is 3.29. The third-order valence-corrected chi connectivity index (χ3v) is 3.29. The summed E-state index contributed by atoms with van der Waals surface area (Å²) in [5.74, 6) is 0.490. The topological polar surface area (TPSA) is 47.6 Å². The van der Waals surface area contributed by atoms with Crippen molar-refractivity contribution >= 4 is 5.91 Å². The van der Waals surface area contributed by atoms with E-state index >= 15 is 0 Å². The molecular weight excluding hydrogens is 230 g/mol. The van der Waals surface area contributed by atoms with E-state index in [9.17, 15) is 4.79 Å². The fourth-order valence-electron chi connectivity index (χ4n) is 2.16. The molecule has 1 N–H and O–H groups in total. The Morgan fingerprint density at radius 3 is 2.72 bits per heavy atom. The fourth-order valence-corrected chi connectivity index (χ4v) is 2.16. The van der Waals surface area contributed by atoms with E-state index in [2.05, 4.69) is 5.48 Å². The Morgan fingerprint density at radius 1 is 1.33 bits per heavy atom. The second-order valence-corrected chi connectivity index (χ2v) is 4.64. The zero-order valence-electron chi connectivity index (χ0n) is 10.9. The van der Waals surface area contributed by atoms with Gasteiger partial charge >= 0.3 is 0 Å². The zero-order chi connectivity index (χ0) is 13.0. The SMILES string of the molecule is COc1cc(C(=O)NOC2CCCC2)ccc1C. The van der Waals surface area contributed by atoms with Crippen LogP contribution in [0.5, 0.6) is 5.75 Å². The van der Waals surface area contributed by atoms with Gasteiger partial charge in [0.05, 0.1) is 13.2 Å². The van der Waals surface area contributed by atoms with Crippen molar-refractivity contribution in [1.29, 1.82) is 0 Å². The van der Waals surface area contributed by atoms with E-state index in [1.54, 1.807) is 19.2 Å². The van der Waals surface area contributed by atoms with Crippen LogP contribution in [-0.4, -0.2) is 19.1 Å². The summed E-state index contributed by atoms with van der Waals surface area (Å²) in [6, 6.07) is 5.36. The molecular formula is C14H19NO3. The second-order valence-electron chi connectivity index (χ2n) is 4.64. The maximum Gasteiger partial charge on any atom is 0.274 e. The van der Waals surface area contributed by atoms with Crippen molar-refractivity contribution in [2.24, 2.45) is 0 Å². The Morgan fingerprint density at radius 2 is 2.06 bits per heavy atom. The molecule has 0 aromatic heterocycles. The third kappa shape index (κ3) is 3.01. The van der Waals surface area contributed by atoms with Crippen LogP contribution in [0, 0.1) is 6.92 Å². The molecule has 1 aliphatic carbocycles. The van der Waals surface area contributed by atoms with Crippen LogP contribution in [0.4, 0.5) is 0 Å². The van der Waals surface area contributed by atoms with Crippen LogP contribution in [0.1, 0.15) is 41.6 Å². The number of methoxy groups -OCH3 is 1. The molecule has 1 aromatic rings. The van der Waals surface area contributed by atoms with Crippen molar-refractivity contribution in [3.05, 3.63) is 29.3 Å². The van der Waals surface area contributed by atoms with Gasteiger partial charge < -0.3 is 4.74 Å². The van der Waals surface area contributed by atoms with Crippen LogP contribution < -0.4 is 10.2 Å². The summed E-state index contributed by atoms with van der Waals surface area (Å²) < 4.78 is 5.19. The number of hydroxylamine groups is 1. The van der Waals surface area contributed by atoms with E-state index in [0.29, 0.717) is 11.3 Å². The lowest BCUT2D eigenvalue weighted by molar-refractivity contribution is -0.0125. The van der Waals surface area contributed by atoms with Gasteiger partial charge in [0.2, 0.25) is 0 Å². The molecule has 0 heterocycles. The normalized spacial score (nSPS) is 15.7. The number of rotatable bonds is 4. The van der Waals surface area contributed by atoms with Gasteiger partial charge in [-0.1, -0.05) is 18.9 Å². The summed E-state index contributed by atoms with van der Waals surface area (Å²) in [5.41, 5.74) is 4.07. The van der Waals surface area contributed by atoms with Gasteiger partial charge in [-0.25, -0.2) is 5.48 Å². The van der Waals surface area contributed by atoms with Gasteiger partial charge in [0.25, 0.3) is 5.91 Å². The highest BCUT2D eigenvalue weighted by Crippen LogP contribution is 2.21. The standard InChI is InChI=1S/C14H19NO3/c1-10-7-8-11(9-13(10)17-2)14(16)15-18-12-5-3-4-6-12/h7-9,12H,3-6H2,1-2H3,(H,15,16). The Hall–Kier alpha value is -1.55. The average molecular weight is 249 g/mol. The van der Waals surface area contributed by atoms with E-state index in [-0.39, 0.29) is 12.0 Å². The largest absolute Gasteiger partial charge is 0.496 e. The lowest BCUT2D eigenvalue weighted by atomic mass is 10.1. The summed E-state index contributed by atoms with van der Waals surface area (Å²) in [5, 5.41) is 0. The van der Waals surface area contributed by atoms with Crippen LogP contribution in [0.2, 0.25) is 0 Å². The summed E-state index contributed by atoms with van der Waals surface area (Å²) >= 11 is 0. The van der Waals surface area contributed by atoms with E-state index < -0.39 is 0 Å². The minimum absolute atomic E-state index is 0.168. The first-order valence-corrected chi connectivity index (χ1v) is 6.31. The molecule has 1 saturated carbocycles. The average Bonchev–Trinajstić information content (AvgIpc) is 2.89. The van der Waals surface area contributed by atoms with Crippen molar-refractivity contribution in [1.82, 2.24) is 5.48 Å². The summed E-state index contributed by atoms with van der Waals surface area (Å²) in [6.07, 6.45) is 4.58. The molecule has 0 atom stereocenters. The number of nitrogens with one attached hydrogen (secondary N) is 1. The molecule has 18 heavy (non-hydrogen) atoms. The maximum absolute atomic E-state index is 11.9. The minimum atomic E-state index is -0.222. The van der Waals surface area contributed by atoms with Crippen LogP contribution in [0.15, 0.2) is 18.2 Å². The molecule has 1 amide bonds. The summed E-state index contributed by atoms with van der Waals surface area (Å²) in [7, 11) is 1.60. The monoisotopic (exact) mass is 249 g/mol. The number of ether oxygens (including phenoxy) is 1. The first kappa shape index (κ1) is 12.9. The van der Waals surface area contributed by atoms with Crippen molar-refractivity contribution in [3.63, 3.8) is 0 Å². The molecule has 1 aliphatic rings. The first-order valence-electron chi connectivity index (χ1n) is 6.31. The molecule has 0 saturated heterocycles. The number of hydrogen-bond acceptors (Lipinski definition) is 3. The van der Waals surface area contributed by atoms with Gasteiger partial charge in [-0.2, -0.15) is 0 Å². The molecule has 0 bridgehead atoms. The Labute approximate surface area is 107 Å². The number of benzene rings is 1. The molecule has 0 aliphatic heterocycles. The van der Waals surface area contributed by atoms with Crippen molar-refractivity contribution in [3.8, 4) is 5.75 Å². The second kappa shape index (κ2) is 5.87. The number of aryl methyl sites for hydroxylation is 1. The van der Waals surface area contributed by atoms with E-state index in [1.807, 2.05) is 13.0 Å². The Kier molecular flexibility index (Phi) is 4.20. The molecule has 0 radical (unpaired) electrons. The quantitative estimate of drug-likeness (QED) is 0.834. The molecule has 1 fully saturated rings. The van der Waals surface area contributed by atoms with Crippen LogP contribution >= 0.6 is 0 Å². The zero-order valence-corrected chi connectivity index (χ0v) is 10.9. The maximum atomic E-state index is 11.9. The highest BCUT2D eigenvalue weighted by molar-refractivity contribution is 5.94. The van der Waals surface area contributed by atoms with Crippen LogP contribution in [-0.2, 0) is 4.84 Å². The van der Waals surface area contributed by atoms with Crippen molar-refractivity contribution in [2.45, 2.75) is 38.7 Å². The van der Waals surface area contributed by atoms with Crippen LogP contribution in [0.3, 0.4) is 0 Å². The molecule has 0 spiro atoms. The highest BCUT2D eigenvalue weighted by atomic mass is 16.7. The molecule has 0 unspecified atom stereocenters. The lowest BCUT2D eigenvalue weighted by Crippen LogP contribution is -2.28. The molecule has 4 nitrogen and oxygen atoms in total. The summed E-state index contributed by atoms with van der Waals surface area (Å²) in [6.45, 7) is 1.94. The van der Waals surface area contributed by atoms with Gasteiger partial charge in [0.15, 0.2) is 0 Å². The van der Waals surface area contributed by atoms with Gasteiger partial charge in [-0.3, -0.25) is 9.63 Å². The van der Waals surface area contributed by atoms with Crippen molar-refractivity contribution < 1.29 is 14.4 Å². The lowest BCUT2D eigenvalue weighted by Gasteiger charge is -2.12.